The van der Waals surface area contributed by atoms with Crippen molar-refractivity contribution in [3.63, 3.8) is 0 Å². The molecule has 0 bridgehead atoms. The quantitative estimate of drug-likeness (QED) is 0.544. The maximum atomic E-state index is 14.0. The third-order valence-electron chi connectivity index (χ3n) is 4.56. The average molecular weight is 332 g/mol. The molecule has 5 heteroatoms. The van der Waals surface area contributed by atoms with E-state index in [0.717, 1.165) is 32.1 Å². The van der Waals surface area contributed by atoms with Crippen molar-refractivity contribution < 1.29 is 22.0 Å². The topological polar surface area (TPSA) is 0 Å². The lowest BCUT2D eigenvalue weighted by molar-refractivity contribution is -0.0790. The van der Waals surface area contributed by atoms with E-state index in [1.807, 2.05) is 0 Å². The Bertz CT molecular complexity index is 528. The summed E-state index contributed by atoms with van der Waals surface area (Å²) in [5.74, 6) is -1.10. The van der Waals surface area contributed by atoms with Crippen LogP contribution in [0.4, 0.5) is 22.0 Å². The standard InChI is InChI=1S/C18H21F5/c1-2-3-12-4-6-13(7-5-12)14-10-16(19)15(17(20)11-14)8-9-18(21,22)23/h8-13H,2-7H2,1H3/b9-8+. The summed E-state index contributed by atoms with van der Waals surface area (Å²) in [6.07, 6.45) is 1.86. The molecule has 0 N–H and O–H groups in total. The van der Waals surface area contributed by atoms with Gasteiger partial charge in [-0.15, -0.1) is 0 Å². The van der Waals surface area contributed by atoms with Crippen LogP contribution in [0.1, 0.15) is 62.5 Å². The maximum Gasteiger partial charge on any atom is 0.409 e. The lowest BCUT2D eigenvalue weighted by Crippen LogP contribution is -2.13. The largest absolute Gasteiger partial charge is 0.409 e. The van der Waals surface area contributed by atoms with Gasteiger partial charge >= 0.3 is 6.18 Å². The first-order chi connectivity index (χ1) is 10.8. The normalized spacial score (nSPS) is 22.7. The minimum Gasteiger partial charge on any atom is -0.206 e. The van der Waals surface area contributed by atoms with Crippen molar-refractivity contribution in [2.24, 2.45) is 5.92 Å². The first kappa shape index (κ1) is 18.0. The summed E-state index contributed by atoms with van der Waals surface area (Å²) in [7, 11) is 0. The molecule has 1 aliphatic rings. The van der Waals surface area contributed by atoms with Crippen LogP contribution >= 0.6 is 0 Å². The second-order valence-electron chi connectivity index (χ2n) is 6.28. The number of hydrogen-bond acceptors (Lipinski definition) is 0. The van der Waals surface area contributed by atoms with Crippen LogP contribution in [-0.4, -0.2) is 6.18 Å². The Morgan fingerprint density at radius 2 is 1.61 bits per heavy atom. The highest BCUT2D eigenvalue weighted by Crippen LogP contribution is 2.38. The number of rotatable bonds is 4. The number of halogens is 5. The number of allylic oxidation sites excluding steroid dienone is 1. The van der Waals surface area contributed by atoms with Gasteiger partial charge in [0, 0.05) is 11.6 Å². The van der Waals surface area contributed by atoms with Crippen molar-refractivity contribution >= 4 is 6.08 Å². The van der Waals surface area contributed by atoms with E-state index < -0.39 is 23.4 Å². The Balaban J connectivity index is 2.13. The van der Waals surface area contributed by atoms with Crippen molar-refractivity contribution in [3.8, 4) is 0 Å². The Morgan fingerprint density at radius 1 is 1.04 bits per heavy atom. The Kier molecular flexibility index (Phi) is 5.82. The Hall–Kier alpha value is -1.39. The Morgan fingerprint density at radius 3 is 2.09 bits per heavy atom. The molecule has 0 nitrogen and oxygen atoms in total. The van der Waals surface area contributed by atoms with Crippen LogP contribution in [0.15, 0.2) is 18.2 Å². The molecule has 0 unspecified atom stereocenters. The van der Waals surface area contributed by atoms with Crippen LogP contribution in [0.25, 0.3) is 6.08 Å². The van der Waals surface area contributed by atoms with Gasteiger partial charge in [-0.2, -0.15) is 13.2 Å². The molecule has 0 aromatic heterocycles. The molecule has 0 atom stereocenters. The molecule has 0 radical (unpaired) electrons. The smallest absolute Gasteiger partial charge is 0.206 e. The molecule has 1 saturated carbocycles. The predicted octanol–water partition coefficient (Wildman–Crippen LogP) is 6.61. The number of hydrogen-bond donors (Lipinski definition) is 0. The number of alkyl halides is 3. The van der Waals surface area contributed by atoms with Gasteiger partial charge in [-0.3, -0.25) is 0 Å². The summed E-state index contributed by atoms with van der Waals surface area (Å²) >= 11 is 0. The maximum absolute atomic E-state index is 14.0. The third kappa shape index (κ3) is 5.05. The van der Waals surface area contributed by atoms with Gasteiger partial charge in [0.15, 0.2) is 0 Å². The highest BCUT2D eigenvalue weighted by Gasteiger charge is 2.25. The van der Waals surface area contributed by atoms with Gasteiger partial charge in [-0.05, 0) is 61.3 Å². The van der Waals surface area contributed by atoms with Gasteiger partial charge in [0.1, 0.15) is 11.6 Å². The molecule has 23 heavy (non-hydrogen) atoms. The van der Waals surface area contributed by atoms with E-state index in [4.69, 9.17) is 0 Å². The van der Waals surface area contributed by atoms with E-state index in [-0.39, 0.29) is 12.0 Å². The van der Waals surface area contributed by atoms with Crippen LogP contribution in [0.2, 0.25) is 0 Å². The molecule has 2 rings (SSSR count). The molecule has 1 aliphatic carbocycles. The SMILES string of the molecule is CCCC1CCC(c2cc(F)c(/C=C/C(F)(F)F)c(F)c2)CC1. The monoisotopic (exact) mass is 332 g/mol. The first-order valence-electron chi connectivity index (χ1n) is 8.05. The van der Waals surface area contributed by atoms with Gasteiger partial charge in [0.25, 0.3) is 0 Å². The lowest BCUT2D eigenvalue weighted by atomic mass is 9.77. The third-order valence-corrected chi connectivity index (χ3v) is 4.56. The van der Waals surface area contributed by atoms with E-state index >= 15 is 0 Å². The van der Waals surface area contributed by atoms with Gasteiger partial charge in [0.2, 0.25) is 0 Å². The fourth-order valence-electron chi connectivity index (χ4n) is 3.37. The summed E-state index contributed by atoms with van der Waals surface area (Å²) in [4.78, 5) is 0. The summed E-state index contributed by atoms with van der Waals surface area (Å²) in [6.45, 7) is 2.14. The molecule has 128 valence electrons. The average Bonchev–Trinajstić information content (AvgIpc) is 2.46. The fourth-order valence-corrected chi connectivity index (χ4v) is 3.37. The molecule has 1 aromatic carbocycles. The molecule has 0 heterocycles. The second kappa shape index (κ2) is 7.45. The zero-order valence-electron chi connectivity index (χ0n) is 13.1. The summed E-state index contributed by atoms with van der Waals surface area (Å²) < 4.78 is 64.4. The lowest BCUT2D eigenvalue weighted by Gasteiger charge is -2.28. The van der Waals surface area contributed by atoms with E-state index in [1.54, 1.807) is 0 Å². The molecular formula is C18H21F5. The van der Waals surface area contributed by atoms with Crippen molar-refractivity contribution in [2.45, 2.75) is 57.5 Å². The van der Waals surface area contributed by atoms with E-state index in [0.29, 0.717) is 17.6 Å². The summed E-state index contributed by atoms with van der Waals surface area (Å²) in [5, 5.41) is 0. The molecular weight excluding hydrogens is 311 g/mol. The molecule has 0 amide bonds. The fraction of sp³-hybridized carbons (Fsp3) is 0.556. The van der Waals surface area contributed by atoms with E-state index in [9.17, 15) is 22.0 Å². The highest BCUT2D eigenvalue weighted by molar-refractivity contribution is 5.52. The summed E-state index contributed by atoms with van der Waals surface area (Å²) in [5.41, 5.74) is -0.0788. The minimum atomic E-state index is -4.59. The van der Waals surface area contributed by atoms with Gasteiger partial charge < -0.3 is 0 Å². The Labute approximate surface area is 133 Å². The molecule has 0 saturated heterocycles. The van der Waals surface area contributed by atoms with Crippen LogP contribution in [0, 0.1) is 17.6 Å². The van der Waals surface area contributed by atoms with Gasteiger partial charge in [-0.1, -0.05) is 19.8 Å². The highest BCUT2D eigenvalue weighted by atomic mass is 19.4. The van der Waals surface area contributed by atoms with Crippen LogP contribution in [0.3, 0.4) is 0 Å². The van der Waals surface area contributed by atoms with Crippen molar-refractivity contribution in [3.05, 3.63) is 41.0 Å². The first-order valence-corrected chi connectivity index (χ1v) is 8.05. The predicted molar refractivity (Wildman–Crippen MR) is 81.1 cm³/mol. The second-order valence-corrected chi connectivity index (χ2v) is 6.28. The van der Waals surface area contributed by atoms with Crippen LogP contribution in [-0.2, 0) is 0 Å². The van der Waals surface area contributed by atoms with E-state index in [2.05, 4.69) is 6.92 Å². The van der Waals surface area contributed by atoms with Gasteiger partial charge in [0.05, 0.1) is 0 Å². The van der Waals surface area contributed by atoms with Gasteiger partial charge in [-0.25, -0.2) is 8.78 Å². The van der Waals surface area contributed by atoms with Crippen LogP contribution in [0.5, 0.6) is 0 Å². The zero-order valence-corrected chi connectivity index (χ0v) is 13.1. The van der Waals surface area contributed by atoms with E-state index in [1.165, 1.54) is 18.6 Å². The molecule has 1 fully saturated rings. The van der Waals surface area contributed by atoms with Crippen molar-refractivity contribution in [2.75, 3.05) is 0 Å². The summed E-state index contributed by atoms with van der Waals surface area (Å²) in [6, 6.07) is 2.37. The zero-order chi connectivity index (χ0) is 17.0. The van der Waals surface area contributed by atoms with Crippen molar-refractivity contribution in [1.82, 2.24) is 0 Å². The van der Waals surface area contributed by atoms with Crippen LogP contribution < -0.4 is 0 Å². The molecule has 0 aliphatic heterocycles. The molecule has 0 spiro atoms. The minimum absolute atomic E-state index is 0.0905. The van der Waals surface area contributed by atoms with Crippen molar-refractivity contribution in [1.29, 1.82) is 0 Å². The number of benzene rings is 1. The molecule has 1 aromatic rings.